The molecule has 0 atom stereocenters. The number of amides is 1. The molecule has 0 bridgehead atoms. The molecule has 26 heavy (non-hydrogen) atoms. The Balaban J connectivity index is 1.49. The lowest BCUT2D eigenvalue weighted by molar-refractivity contribution is 0.102. The van der Waals surface area contributed by atoms with Gasteiger partial charge in [0.2, 0.25) is 0 Å². The lowest BCUT2D eigenvalue weighted by Crippen LogP contribution is -2.11. The highest BCUT2D eigenvalue weighted by Crippen LogP contribution is 2.21. The van der Waals surface area contributed by atoms with Crippen LogP contribution in [0, 0.1) is 0 Å². The molecule has 0 saturated heterocycles. The van der Waals surface area contributed by atoms with E-state index in [4.69, 9.17) is 4.42 Å². The van der Waals surface area contributed by atoms with Crippen LogP contribution >= 0.6 is 0 Å². The predicted octanol–water partition coefficient (Wildman–Crippen LogP) is 3.39. The highest BCUT2D eigenvalue weighted by molar-refractivity contribution is 6.03. The van der Waals surface area contributed by atoms with Gasteiger partial charge in [-0.15, -0.1) is 5.10 Å². The Morgan fingerprint density at radius 2 is 1.69 bits per heavy atom. The van der Waals surface area contributed by atoms with Crippen molar-refractivity contribution in [3.63, 3.8) is 0 Å². The quantitative estimate of drug-likeness (QED) is 0.613. The zero-order chi connectivity index (χ0) is 17.9. The van der Waals surface area contributed by atoms with E-state index in [1.54, 1.807) is 36.1 Å². The van der Waals surface area contributed by atoms with Gasteiger partial charge in [0, 0.05) is 18.8 Å². The van der Waals surface area contributed by atoms with Crippen LogP contribution in [0.3, 0.4) is 0 Å². The number of aromatic nitrogens is 4. The van der Waals surface area contributed by atoms with Crippen LogP contribution in [0.5, 0.6) is 0 Å². The molecule has 1 amide bonds. The van der Waals surface area contributed by atoms with E-state index in [0.29, 0.717) is 17.1 Å². The van der Waals surface area contributed by atoms with Gasteiger partial charge in [0.25, 0.3) is 11.8 Å². The first-order chi connectivity index (χ1) is 12.7. The van der Waals surface area contributed by atoms with E-state index in [1.165, 1.54) is 0 Å². The maximum Gasteiger partial charge on any atom is 0.322 e. The second kappa shape index (κ2) is 6.64. The molecule has 7 nitrogen and oxygen atoms in total. The molecule has 2 aromatic heterocycles. The summed E-state index contributed by atoms with van der Waals surface area (Å²) < 4.78 is 7.09. The summed E-state index contributed by atoms with van der Waals surface area (Å²) in [4.78, 5) is 12.4. The van der Waals surface area contributed by atoms with Gasteiger partial charge in [0.1, 0.15) is 5.69 Å². The van der Waals surface area contributed by atoms with Gasteiger partial charge in [-0.2, -0.15) is 5.10 Å². The van der Waals surface area contributed by atoms with Crippen molar-refractivity contribution in [3.05, 3.63) is 72.4 Å². The van der Waals surface area contributed by atoms with Crippen molar-refractivity contribution in [2.45, 2.75) is 0 Å². The summed E-state index contributed by atoms with van der Waals surface area (Å²) in [6.07, 6.45) is 1.63. The van der Waals surface area contributed by atoms with Crippen LogP contribution in [0.4, 0.5) is 6.01 Å². The number of nitrogens with one attached hydrogen (secondary N) is 1. The number of benzene rings is 2. The number of anilines is 1. The Hall–Kier alpha value is -3.74. The molecular formula is C19H15N5O2. The summed E-state index contributed by atoms with van der Waals surface area (Å²) in [6.45, 7) is 0. The van der Waals surface area contributed by atoms with E-state index in [1.807, 2.05) is 42.5 Å². The summed E-state index contributed by atoms with van der Waals surface area (Å²) in [6, 6.07) is 19.1. The lowest BCUT2D eigenvalue weighted by atomic mass is 10.0. The molecule has 0 fully saturated rings. The number of hydrogen-bond donors (Lipinski definition) is 1. The van der Waals surface area contributed by atoms with E-state index in [0.717, 1.165) is 11.1 Å². The van der Waals surface area contributed by atoms with Crippen molar-refractivity contribution >= 4 is 11.9 Å². The zero-order valence-electron chi connectivity index (χ0n) is 14.0. The van der Waals surface area contributed by atoms with Crippen molar-refractivity contribution in [2.75, 3.05) is 5.32 Å². The molecule has 2 heterocycles. The minimum atomic E-state index is -0.315. The molecule has 1 N–H and O–H groups in total. The molecule has 7 heteroatoms. The SMILES string of the molecule is Cn1nccc1-c1nnc(NC(=O)c2ccc(-c3ccccc3)cc2)o1. The molecule has 4 aromatic rings. The predicted molar refractivity (Wildman–Crippen MR) is 96.3 cm³/mol. The maximum atomic E-state index is 12.4. The molecule has 0 spiro atoms. The summed E-state index contributed by atoms with van der Waals surface area (Å²) in [5, 5.41) is 14.4. The van der Waals surface area contributed by atoms with Gasteiger partial charge in [0.15, 0.2) is 0 Å². The molecule has 0 radical (unpaired) electrons. The van der Waals surface area contributed by atoms with Crippen LogP contribution < -0.4 is 5.32 Å². The average molecular weight is 345 g/mol. The van der Waals surface area contributed by atoms with E-state index in [9.17, 15) is 4.79 Å². The normalized spacial score (nSPS) is 10.7. The monoisotopic (exact) mass is 345 g/mol. The van der Waals surface area contributed by atoms with Crippen LogP contribution in [0.1, 0.15) is 10.4 Å². The van der Waals surface area contributed by atoms with Crippen LogP contribution in [0.2, 0.25) is 0 Å². The van der Waals surface area contributed by atoms with Gasteiger partial charge in [-0.05, 0) is 29.3 Å². The Morgan fingerprint density at radius 1 is 0.962 bits per heavy atom. The minimum Gasteiger partial charge on any atom is -0.401 e. The highest BCUT2D eigenvalue weighted by Gasteiger charge is 2.14. The topological polar surface area (TPSA) is 85.8 Å². The van der Waals surface area contributed by atoms with E-state index >= 15 is 0 Å². The number of hydrogen-bond acceptors (Lipinski definition) is 5. The fourth-order valence-electron chi connectivity index (χ4n) is 2.57. The van der Waals surface area contributed by atoms with Crippen molar-refractivity contribution in [1.29, 1.82) is 0 Å². The first kappa shape index (κ1) is 15.8. The first-order valence-corrected chi connectivity index (χ1v) is 7.99. The Kier molecular flexibility index (Phi) is 4.03. The molecule has 0 aliphatic heterocycles. The zero-order valence-corrected chi connectivity index (χ0v) is 14.0. The van der Waals surface area contributed by atoms with Crippen molar-refractivity contribution < 1.29 is 9.21 Å². The van der Waals surface area contributed by atoms with E-state index < -0.39 is 0 Å². The van der Waals surface area contributed by atoms with Crippen molar-refractivity contribution in [1.82, 2.24) is 20.0 Å². The third kappa shape index (κ3) is 3.10. The highest BCUT2D eigenvalue weighted by atomic mass is 16.4. The average Bonchev–Trinajstić information content (AvgIpc) is 3.31. The van der Waals surface area contributed by atoms with Crippen LogP contribution in [0.25, 0.3) is 22.7 Å². The fraction of sp³-hybridized carbons (Fsp3) is 0.0526. The fourth-order valence-corrected chi connectivity index (χ4v) is 2.57. The number of carbonyl (C=O) groups is 1. The Bertz CT molecular complexity index is 1040. The number of rotatable bonds is 4. The first-order valence-electron chi connectivity index (χ1n) is 7.99. The van der Waals surface area contributed by atoms with Crippen molar-refractivity contribution in [3.8, 4) is 22.7 Å². The van der Waals surface area contributed by atoms with Crippen molar-refractivity contribution in [2.24, 2.45) is 7.05 Å². The molecule has 0 unspecified atom stereocenters. The molecule has 0 aliphatic rings. The Labute approximate surface area is 149 Å². The van der Waals surface area contributed by atoms with Gasteiger partial charge in [0.05, 0.1) is 0 Å². The maximum absolute atomic E-state index is 12.4. The summed E-state index contributed by atoms with van der Waals surface area (Å²) in [5.74, 6) is -0.0236. The lowest BCUT2D eigenvalue weighted by Gasteiger charge is -2.04. The van der Waals surface area contributed by atoms with Crippen LogP contribution in [0.15, 0.2) is 71.3 Å². The third-order valence-electron chi connectivity index (χ3n) is 3.94. The van der Waals surface area contributed by atoms with Crippen LogP contribution in [-0.2, 0) is 7.05 Å². The second-order valence-electron chi connectivity index (χ2n) is 5.65. The van der Waals surface area contributed by atoms with Gasteiger partial charge in [-0.3, -0.25) is 14.8 Å². The van der Waals surface area contributed by atoms with E-state index in [2.05, 4.69) is 20.6 Å². The summed E-state index contributed by atoms with van der Waals surface area (Å²) in [7, 11) is 1.77. The number of nitrogens with zero attached hydrogens (tertiary/aromatic N) is 4. The molecule has 128 valence electrons. The molecule has 0 saturated carbocycles. The summed E-state index contributed by atoms with van der Waals surface area (Å²) >= 11 is 0. The van der Waals surface area contributed by atoms with Gasteiger partial charge < -0.3 is 4.42 Å². The third-order valence-corrected chi connectivity index (χ3v) is 3.94. The smallest absolute Gasteiger partial charge is 0.322 e. The minimum absolute atomic E-state index is 0.0401. The van der Waals surface area contributed by atoms with Gasteiger partial charge in [-0.1, -0.05) is 47.6 Å². The standard InChI is InChI=1S/C19H15N5O2/c1-24-16(11-12-20-24)18-22-23-19(26-18)21-17(25)15-9-7-14(8-10-15)13-5-3-2-4-6-13/h2-12H,1H3,(H,21,23,25). The molecule has 0 aliphatic carbocycles. The number of aryl methyl sites for hydroxylation is 1. The van der Waals surface area contributed by atoms with Crippen LogP contribution in [-0.4, -0.2) is 25.9 Å². The molecule has 2 aromatic carbocycles. The molecule has 4 rings (SSSR count). The Morgan fingerprint density at radius 3 is 2.38 bits per heavy atom. The number of carbonyl (C=O) groups excluding carboxylic acids is 1. The van der Waals surface area contributed by atoms with Gasteiger partial charge in [-0.25, -0.2) is 0 Å². The second-order valence-corrected chi connectivity index (χ2v) is 5.65. The van der Waals surface area contributed by atoms with E-state index in [-0.39, 0.29) is 11.9 Å². The molecular weight excluding hydrogens is 330 g/mol. The van der Waals surface area contributed by atoms with Gasteiger partial charge >= 0.3 is 6.01 Å². The largest absolute Gasteiger partial charge is 0.401 e. The summed E-state index contributed by atoms with van der Waals surface area (Å²) in [5.41, 5.74) is 3.31.